The molecule has 3 N–H and O–H groups in total. The molecule has 5 nitrogen and oxygen atoms in total. The largest absolute Gasteiger partial charge is 0.426 e. The number of para-hydroxylation sites is 1. The first-order valence-corrected chi connectivity index (χ1v) is 5.75. The zero-order valence-electron chi connectivity index (χ0n) is 9.96. The van der Waals surface area contributed by atoms with Crippen LogP contribution in [0.4, 0.5) is 5.69 Å². The van der Waals surface area contributed by atoms with Crippen LogP contribution in [0.15, 0.2) is 53.3 Å². The second-order valence-corrected chi connectivity index (χ2v) is 4.06. The van der Waals surface area contributed by atoms with E-state index in [1.165, 1.54) is 0 Å². The van der Waals surface area contributed by atoms with Gasteiger partial charge in [-0.15, -0.1) is 0 Å². The lowest BCUT2D eigenvalue weighted by Crippen LogP contribution is -2.09. The van der Waals surface area contributed by atoms with E-state index in [-0.39, 0.29) is 11.6 Å². The highest BCUT2D eigenvalue weighted by Gasteiger charge is 2.05. The number of hydrogen-bond acceptors (Lipinski definition) is 4. The molecule has 0 aliphatic rings. The van der Waals surface area contributed by atoms with E-state index in [1.54, 1.807) is 30.3 Å². The molecule has 3 aromatic rings. The van der Waals surface area contributed by atoms with Gasteiger partial charge in [-0.2, -0.15) is 4.98 Å². The fourth-order valence-corrected chi connectivity index (χ4v) is 1.78. The summed E-state index contributed by atoms with van der Waals surface area (Å²) in [5, 5.41) is 0.445. The molecule has 0 atom stereocenters. The highest BCUT2D eigenvalue weighted by Crippen LogP contribution is 2.18. The van der Waals surface area contributed by atoms with E-state index in [4.69, 9.17) is 10.5 Å². The van der Waals surface area contributed by atoms with Crippen molar-refractivity contribution in [3.05, 3.63) is 58.9 Å². The van der Waals surface area contributed by atoms with Gasteiger partial charge in [0.05, 0.1) is 10.9 Å². The number of fused-ring (bicyclic) bond motifs is 1. The number of aromatic amines is 1. The average molecular weight is 253 g/mol. The third-order valence-electron chi connectivity index (χ3n) is 2.67. The number of ether oxygens (including phenoxy) is 1. The van der Waals surface area contributed by atoms with E-state index in [9.17, 15) is 4.79 Å². The minimum atomic E-state index is -0.275. The summed E-state index contributed by atoms with van der Waals surface area (Å²) in [5.41, 5.74) is 6.44. The Kier molecular flexibility index (Phi) is 2.64. The summed E-state index contributed by atoms with van der Waals surface area (Å²) >= 11 is 0. The predicted molar refractivity (Wildman–Crippen MR) is 73.3 cm³/mol. The highest BCUT2D eigenvalue weighted by atomic mass is 16.5. The Morgan fingerprint density at radius 2 is 1.89 bits per heavy atom. The van der Waals surface area contributed by atoms with Crippen molar-refractivity contribution < 1.29 is 4.74 Å². The number of benzene rings is 2. The fraction of sp³-hybridized carbons (Fsp3) is 0. The first-order valence-electron chi connectivity index (χ1n) is 5.75. The quantitative estimate of drug-likeness (QED) is 0.686. The number of nitrogen functional groups attached to an aromatic ring is 1. The zero-order valence-corrected chi connectivity index (χ0v) is 9.96. The molecule has 2 aromatic carbocycles. The average Bonchev–Trinajstić information content (AvgIpc) is 2.41. The summed E-state index contributed by atoms with van der Waals surface area (Å²) in [6.45, 7) is 0. The number of nitrogens with one attached hydrogen (secondary N) is 1. The lowest BCUT2D eigenvalue weighted by Gasteiger charge is -2.05. The molecular formula is C14H11N3O2. The Hall–Kier alpha value is -2.82. The van der Waals surface area contributed by atoms with Crippen LogP contribution < -0.4 is 16.0 Å². The molecule has 0 bridgehead atoms. The number of anilines is 1. The minimum absolute atomic E-state index is 0.161. The molecule has 0 fully saturated rings. The van der Waals surface area contributed by atoms with Gasteiger partial charge in [0.2, 0.25) is 0 Å². The molecule has 1 heterocycles. The van der Waals surface area contributed by atoms with E-state index in [1.807, 2.05) is 18.2 Å². The van der Waals surface area contributed by atoms with Crippen molar-refractivity contribution in [2.24, 2.45) is 0 Å². The summed E-state index contributed by atoms with van der Waals surface area (Å²) in [6.07, 6.45) is 0. The number of nitrogens with two attached hydrogens (primary N) is 1. The van der Waals surface area contributed by atoms with E-state index in [0.29, 0.717) is 22.3 Å². The van der Waals surface area contributed by atoms with Gasteiger partial charge in [-0.05, 0) is 30.3 Å². The SMILES string of the molecule is Nc1ccc2nc(Oc3ccccc3)[nH]c(=O)c2c1. The van der Waals surface area contributed by atoms with Gasteiger partial charge in [0.25, 0.3) is 5.56 Å². The van der Waals surface area contributed by atoms with Crippen molar-refractivity contribution in [2.75, 3.05) is 5.73 Å². The van der Waals surface area contributed by atoms with Crippen molar-refractivity contribution in [1.82, 2.24) is 9.97 Å². The maximum absolute atomic E-state index is 11.9. The highest BCUT2D eigenvalue weighted by molar-refractivity contribution is 5.81. The second-order valence-electron chi connectivity index (χ2n) is 4.06. The second kappa shape index (κ2) is 4.45. The molecule has 94 valence electrons. The molecule has 0 radical (unpaired) electrons. The molecule has 0 aliphatic heterocycles. The van der Waals surface area contributed by atoms with Crippen molar-refractivity contribution in [3.63, 3.8) is 0 Å². The molecule has 0 amide bonds. The van der Waals surface area contributed by atoms with Gasteiger partial charge in [-0.25, -0.2) is 0 Å². The molecule has 19 heavy (non-hydrogen) atoms. The summed E-state index contributed by atoms with van der Waals surface area (Å²) in [4.78, 5) is 18.7. The molecule has 1 aromatic heterocycles. The molecule has 5 heteroatoms. The van der Waals surface area contributed by atoms with Crippen molar-refractivity contribution in [1.29, 1.82) is 0 Å². The summed E-state index contributed by atoms with van der Waals surface area (Å²) in [6, 6.07) is 14.3. The Morgan fingerprint density at radius 3 is 2.68 bits per heavy atom. The van der Waals surface area contributed by atoms with Crippen LogP contribution in [0, 0.1) is 0 Å². The number of aromatic nitrogens is 2. The Labute approximate surface area is 108 Å². The summed E-state index contributed by atoms with van der Waals surface area (Å²) in [5.74, 6) is 0.612. The van der Waals surface area contributed by atoms with Crippen LogP contribution in [-0.4, -0.2) is 9.97 Å². The summed E-state index contributed by atoms with van der Waals surface area (Å²) in [7, 11) is 0. The van der Waals surface area contributed by atoms with Gasteiger partial charge in [0.1, 0.15) is 5.75 Å². The van der Waals surface area contributed by atoms with Crippen molar-refractivity contribution in [3.8, 4) is 11.8 Å². The van der Waals surface area contributed by atoms with E-state index >= 15 is 0 Å². The zero-order chi connectivity index (χ0) is 13.2. The monoisotopic (exact) mass is 253 g/mol. The van der Waals surface area contributed by atoms with E-state index in [0.717, 1.165) is 0 Å². The topological polar surface area (TPSA) is 81.0 Å². The van der Waals surface area contributed by atoms with E-state index in [2.05, 4.69) is 9.97 Å². The Morgan fingerprint density at radius 1 is 1.11 bits per heavy atom. The van der Waals surface area contributed by atoms with Crippen LogP contribution in [0.25, 0.3) is 10.9 Å². The van der Waals surface area contributed by atoms with Gasteiger partial charge in [0.15, 0.2) is 0 Å². The Bertz CT molecular complexity index is 782. The third kappa shape index (κ3) is 2.26. The van der Waals surface area contributed by atoms with Gasteiger partial charge in [-0.1, -0.05) is 18.2 Å². The van der Waals surface area contributed by atoms with Gasteiger partial charge < -0.3 is 10.5 Å². The maximum atomic E-state index is 11.9. The molecule has 0 saturated carbocycles. The summed E-state index contributed by atoms with van der Waals surface area (Å²) < 4.78 is 5.50. The third-order valence-corrected chi connectivity index (χ3v) is 2.67. The number of hydrogen-bond donors (Lipinski definition) is 2. The number of rotatable bonds is 2. The lowest BCUT2D eigenvalue weighted by molar-refractivity contribution is 0.443. The first kappa shape index (κ1) is 11.3. The minimum Gasteiger partial charge on any atom is -0.426 e. The Balaban J connectivity index is 2.07. The number of H-pyrrole nitrogens is 1. The molecule has 0 unspecified atom stereocenters. The van der Waals surface area contributed by atoms with Gasteiger partial charge in [-0.3, -0.25) is 9.78 Å². The lowest BCUT2D eigenvalue weighted by atomic mass is 10.2. The molecule has 0 aliphatic carbocycles. The smallest absolute Gasteiger partial charge is 0.302 e. The van der Waals surface area contributed by atoms with Crippen molar-refractivity contribution >= 4 is 16.6 Å². The fourth-order valence-electron chi connectivity index (χ4n) is 1.78. The van der Waals surface area contributed by atoms with Crippen LogP contribution in [0.5, 0.6) is 11.8 Å². The normalized spacial score (nSPS) is 10.5. The van der Waals surface area contributed by atoms with Crippen LogP contribution in [-0.2, 0) is 0 Å². The molecular weight excluding hydrogens is 242 g/mol. The van der Waals surface area contributed by atoms with Crippen LogP contribution in [0.2, 0.25) is 0 Å². The molecule has 0 saturated heterocycles. The first-order chi connectivity index (χ1) is 9.22. The molecule has 3 rings (SSSR count). The van der Waals surface area contributed by atoms with Gasteiger partial charge in [0, 0.05) is 5.69 Å². The van der Waals surface area contributed by atoms with Crippen LogP contribution >= 0.6 is 0 Å². The van der Waals surface area contributed by atoms with Crippen LogP contribution in [0.1, 0.15) is 0 Å². The van der Waals surface area contributed by atoms with Crippen LogP contribution in [0.3, 0.4) is 0 Å². The van der Waals surface area contributed by atoms with Gasteiger partial charge >= 0.3 is 6.01 Å². The van der Waals surface area contributed by atoms with E-state index < -0.39 is 0 Å². The maximum Gasteiger partial charge on any atom is 0.302 e. The van der Waals surface area contributed by atoms with Crippen molar-refractivity contribution in [2.45, 2.75) is 0 Å². The predicted octanol–water partition coefficient (Wildman–Crippen LogP) is 2.30. The molecule has 0 spiro atoms. The standard InChI is InChI=1S/C14H11N3O2/c15-9-6-7-12-11(8-9)13(18)17-14(16-12)19-10-4-2-1-3-5-10/h1-8H,15H2,(H,16,17,18). The number of nitrogens with zero attached hydrogens (tertiary/aromatic N) is 1.